The quantitative estimate of drug-likeness (QED) is 0.360. The Labute approximate surface area is 148 Å². The highest BCUT2D eigenvalue weighted by molar-refractivity contribution is 6.74. The predicted molar refractivity (Wildman–Crippen MR) is 101 cm³/mol. The summed E-state index contributed by atoms with van der Waals surface area (Å²) in [5.74, 6) is -0.387. The number of carbonyl (C=O) groups is 1. The molecule has 0 aliphatic carbocycles. The number of hydrogen-bond acceptors (Lipinski definition) is 4. The Kier molecular flexibility index (Phi) is 8.10. The summed E-state index contributed by atoms with van der Waals surface area (Å²) in [6.07, 6.45) is 6.15. The second-order valence-corrected chi connectivity index (χ2v) is 12.5. The molecule has 0 radical (unpaired) electrons. The van der Waals surface area contributed by atoms with Crippen molar-refractivity contribution in [1.82, 2.24) is 4.98 Å². The Bertz CT molecular complexity index is 497. The molecular weight excluding hydrogens is 318 g/mol. The van der Waals surface area contributed by atoms with Crippen LogP contribution in [0.15, 0.2) is 24.5 Å². The lowest BCUT2D eigenvalue weighted by molar-refractivity contribution is -0.145. The van der Waals surface area contributed by atoms with Crippen molar-refractivity contribution in [2.24, 2.45) is 0 Å². The van der Waals surface area contributed by atoms with Gasteiger partial charge < -0.3 is 9.16 Å². The van der Waals surface area contributed by atoms with E-state index in [-0.39, 0.29) is 16.9 Å². The number of carbonyl (C=O) groups excluding carboxylic acids is 1. The van der Waals surface area contributed by atoms with Gasteiger partial charge >= 0.3 is 5.97 Å². The summed E-state index contributed by atoms with van der Waals surface area (Å²) in [7, 11) is -1.68. The standard InChI is InChI=1S/C19H33NO3Si/c1-7-22-18(21)17(16-11-10-13-20-15-16)12-8-9-14-23-24(5,6)19(2,3)4/h10-11,13,15,17H,7-9,12,14H2,1-6H3. The van der Waals surface area contributed by atoms with Crippen molar-refractivity contribution in [3.05, 3.63) is 30.1 Å². The summed E-state index contributed by atoms with van der Waals surface area (Å²) in [6, 6.07) is 3.81. The molecule has 1 aromatic heterocycles. The number of aromatic nitrogens is 1. The molecule has 0 aliphatic rings. The van der Waals surface area contributed by atoms with Crippen LogP contribution in [0.3, 0.4) is 0 Å². The fourth-order valence-electron chi connectivity index (χ4n) is 2.24. The van der Waals surface area contributed by atoms with E-state index in [0.29, 0.717) is 6.61 Å². The van der Waals surface area contributed by atoms with Crippen LogP contribution >= 0.6 is 0 Å². The van der Waals surface area contributed by atoms with E-state index >= 15 is 0 Å². The zero-order chi connectivity index (χ0) is 18.2. The Balaban J connectivity index is 2.51. The Morgan fingerprint density at radius 1 is 1.29 bits per heavy atom. The largest absolute Gasteiger partial charge is 0.466 e. The second kappa shape index (κ2) is 9.32. The molecule has 0 spiro atoms. The molecule has 24 heavy (non-hydrogen) atoms. The minimum atomic E-state index is -1.68. The summed E-state index contributed by atoms with van der Waals surface area (Å²) in [5, 5.41) is 0.232. The number of unbranched alkanes of at least 4 members (excludes halogenated alkanes) is 1. The minimum Gasteiger partial charge on any atom is -0.466 e. The summed E-state index contributed by atoms with van der Waals surface area (Å²) >= 11 is 0. The van der Waals surface area contributed by atoms with Gasteiger partial charge in [-0.25, -0.2) is 0 Å². The molecule has 0 saturated carbocycles. The van der Waals surface area contributed by atoms with Gasteiger partial charge in [0.05, 0.1) is 12.5 Å². The lowest BCUT2D eigenvalue weighted by atomic mass is 9.95. The lowest BCUT2D eigenvalue weighted by Gasteiger charge is -2.36. The maximum atomic E-state index is 12.2. The first-order valence-corrected chi connectivity index (χ1v) is 11.8. The Hall–Kier alpha value is -1.20. The molecule has 0 aromatic carbocycles. The average Bonchev–Trinajstić information content (AvgIpc) is 2.50. The van der Waals surface area contributed by atoms with E-state index < -0.39 is 8.32 Å². The maximum Gasteiger partial charge on any atom is 0.313 e. The Morgan fingerprint density at radius 2 is 2.00 bits per heavy atom. The summed E-state index contributed by atoms with van der Waals surface area (Å²) in [6.45, 7) is 14.3. The number of esters is 1. The highest BCUT2D eigenvalue weighted by atomic mass is 28.4. The van der Waals surface area contributed by atoms with E-state index in [4.69, 9.17) is 9.16 Å². The SMILES string of the molecule is CCOC(=O)C(CCCCO[Si](C)(C)C(C)(C)C)c1cccnc1. The number of pyridine rings is 1. The number of ether oxygens (including phenoxy) is 1. The molecular formula is C19H33NO3Si. The fourth-order valence-corrected chi connectivity index (χ4v) is 3.33. The van der Waals surface area contributed by atoms with Gasteiger partial charge in [-0.15, -0.1) is 0 Å². The highest BCUT2D eigenvalue weighted by Gasteiger charge is 2.36. The highest BCUT2D eigenvalue weighted by Crippen LogP contribution is 2.36. The van der Waals surface area contributed by atoms with Crippen molar-refractivity contribution in [3.8, 4) is 0 Å². The molecule has 1 heterocycles. The van der Waals surface area contributed by atoms with Gasteiger partial charge in [-0.2, -0.15) is 0 Å². The van der Waals surface area contributed by atoms with Crippen LogP contribution in [0.25, 0.3) is 0 Å². The molecule has 4 nitrogen and oxygen atoms in total. The topological polar surface area (TPSA) is 48.4 Å². The molecule has 1 rings (SSSR count). The molecule has 0 saturated heterocycles. The third-order valence-electron chi connectivity index (χ3n) is 4.81. The van der Waals surface area contributed by atoms with Crippen LogP contribution < -0.4 is 0 Å². The van der Waals surface area contributed by atoms with Gasteiger partial charge in [0.2, 0.25) is 0 Å². The first kappa shape index (κ1) is 20.8. The third kappa shape index (κ3) is 6.36. The predicted octanol–water partition coefficient (Wildman–Crippen LogP) is 4.92. The van der Waals surface area contributed by atoms with Gasteiger partial charge in [0.15, 0.2) is 8.32 Å². The molecule has 5 heteroatoms. The smallest absolute Gasteiger partial charge is 0.313 e. The van der Waals surface area contributed by atoms with Crippen molar-refractivity contribution < 1.29 is 14.0 Å². The van der Waals surface area contributed by atoms with Crippen LogP contribution in [-0.4, -0.2) is 32.5 Å². The fraction of sp³-hybridized carbons (Fsp3) is 0.684. The first-order chi connectivity index (χ1) is 11.2. The maximum absolute atomic E-state index is 12.2. The van der Waals surface area contributed by atoms with Crippen LogP contribution in [0.2, 0.25) is 18.1 Å². The van der Waals surface area contributed by atoms with Crippen LogP contribution in [-0.2, 0) is 14.0 Å². The van der Waals surface area contributed by atoms with E-state index in [0.717, 1.165) is 31.4 Å². The minimum absolute atomic E-state index is 0.157. The van der Waals surface area contributed by atoms with Gasteiger partial charge in [0, 0.05) is 19.0 Å². The monoisotopic (exact) mass is 351 g/mol. The second-order valence-electron chi connectivity index (χ2n) is 7.70. The molecule has 0 amide bonds. The zero-order valence-electron chi connectivity index (χ0n) is 16.1. The summed E-state index contributed by atoms with van der Waals surface area (Å²) in [5.41, 5.74) is 0.932. The molecule has 1 aromatic rings. The van der Waals surface area contributed by atoms with Crippen molar-refractivity contribution >= 4 is 14.3 Å². The molecule has 1 atom stereocenters. The van der Waals surface area contributed by atoms with Crippen LogP contribution in [0.5, 0.6) is 0 Å². The van der Waals surface area contributed by atoms with E-state index in [1.165, 1.54) is 0 Å². The molecule has 1 unspecified atom stereocenters. The van der Waals surface area contributed by atoms with Crippen LogP contribution in [0.1, 0.15) is 58.4 Å². The van der Waals surface area contributed by atoms with Gasteiger partial charge in [-0.3, -0.25) is 9.78 Å². The number of rotatable bonds is 9. The van der Waals surface area contributed by atoms with Gasteiger partial charge in [0.25, 0.3) is 0 Å². The van der Waals surface area contributed by atoms with Crippen molar-refractivity contribution in [1.29, 1.82) is 0 Å². The summed E-state index contributed by atoms with van der Waals surface area (Å²) < 4.78 is 11.4. The van der Waals surface area contributed by atoms with Gasteiger partial charge in [-0.1, -0.05) is 33.3 Å². The first-order valence-electron chi connectivity index (χ1n) is 8.89. The van der Waals surface area contributed by atoms with E-state index in [1.807, 2.05) is 19.1 Å². The molecule has 0 fully saturated rings. The van der Waals surface area contributed by atoms with Crippen LogP contribution in [0.4, 0.5) is 0 Å². The van der Waals surface area contributed by atoms with E-state index in [2.05, 4.69) is 38.8 Å². The van der Waals surface area contributed by atoms with Crippen molar-refractivity contribution in [2.75, 3.05) is 13.2 Å². The average molecular weight is 352 g/mol. The van der Waals surface area contributed by atoms with Gasteiger partial charge in [0.1, 0.15) is 0 Å². The van der Waals surface area contributed by atoms with Gasteiger partial charge in [-0.05, 0) is 49.5 Å². The van der Waals surface area contributed by atoms with Crippen LogP contribution in [0, 0.1) is 0 Å². The van der Waals surface area contributed by atoms with E-state index in [9.17, 15) is 4.79 Å². The molecule has 0 bridgehead atoms. The molecule has 136 valence electrons. The van der Waals surface area contributed by atoms with E-state index in [1.54, 1.807) is 12.4 Å². The molecule has 0 aliphatic heterocycles. The van der Waals surface area contributed by atoms with Crippen molar-refractivity contribution in [3.63, 3.8) is 0 Å². The normalized spacial score (nSPS) is 13.6. The summed E-state index contributed by atoms with van der Waals surface area (Å²) in [4.78, 5) is 16.3. The Morgan fingerprint density at radius 3 is 2.54 bits per heavy atom. The molecule has 0 N–H and O–H groups in total. The van der Waals surface area contributed by atoms with Crippen molar-refractivity contribution in [2.45, 2.75) is 71.0 Å². The number of hydrogen-bond donors (Lipinski definition) is 0. The number of nitrogens with zero attached hydrogens (tertiary/aromatic N) is 1. The lowest BCUT2D eigenvalue weighted by Crippen LogP contribution is -2.40. The zero-order valence-corrected chi connectivity index (χ0v) is 17.1. The third-order valence-corrected chi connectivity index (χ3v) is 9.35.